The molecule has 3 aromatic carbocycles. The topological polar surface area (TPSA) is 38.7 Å². The van der Waals surface area contributed by atoms with Crippen LogP contribution in [-0.2, 0) is 9.53 Å². The van der Waals surface area contributed by atoms with E-state index in [1.54, 1.807) is 0 Å². The Hall–Kier alpha value is -3.20. The van der Waals surface area contributed by atoms with Gasteiger partial charge in [0.05, 0.1) is 25.3 Å². The minimum atomic E-state index is -0.306. The van der Waals surface area contributed by atoms with Gasteiger partial charge in [-0.3, -0.25) is 9.79 Å². The van der Waals surface area contributed by atoms with Gasteiger partial charge in [-0.2, -0.15) is 0 Å². The summed E-state index contributed by atoms with van der Waals surface area (Å²) in [5, 5.41) is 0. The van der Waals surface area contributed by atoms with Crippen LogP contribution in [0, 0.1) is 0 Å². The maximum Gasteiger partial charge on any atom is 0.308 e. The van der Waals surface area contributed by atoms with E-state index < -0.39 is 0 Å². The summed E-state index contributed by atoms with van der Waals surface area (Å²) in [6.45, 7) is 0. The third-order valence-electron chi connectivity index (χ3n) is 4.15. The first kappa shape index (κ1) is 17.6. The monoisotopic (exact) mass is 343 g/mol. The predicted octanol–water partition coefficient (Wildman–Crippen LogP) is 4.83. The van der Waals surface area contributed by atoms with Crippen LogP contribution in [0.1, 0.15) is 29.2 Å². The van der Waals surface area contributed by atoms with Crippen LogP contribution in [-0.4, -0.2) is 18.8 Å². The molecular weight excluding hydrogens is 322 g/mol. The van der Waals surface area contributed by atoms with Crippen LogP contribution in [0.25, 0.3) is 0 Å². The molecule has 0 aromatic heterocycles. The summed E-state index contributed by atoms with van der Waals surface area (Å²) in [5.41, 5.74) is 3.89. The number of esters is 1. The average molecular weight is 343 g/mol. The zero-order valence-electron chi connectivity index (χ0n) is 14.7. The van der Waals surface area contributed by atoms with Crippen LogP contribution < -0.4 is 0 Å². The van der Waals surface area contributed by atoms with E-state index in [-0.39, 0.29) is 18.4 Å². The van der Waals surface area contributed by atoms with Gasteiger partial charge in [0, 0.05) is 11.1 Å². The van der Waals surface area contributed by atoms with E-state index >= 15 is 0 Å². The van der Waals surface area contributed by atoms with Gasteiger partial charge in [0.25, 0.3) is 0 Å². The number of ether oxygens (including phenoxy) is 1. The van der Waals surface area contributed by atoms with Crippen LogP contribution in [0.2, 0.25) is 0 Å². The van der Waals surface area contributed by atoms with Gasteiger partial charge in [-0.25, -0.2) is 0 Å². The molecule has 1 atom stereocenters. The highest BCUT2D eigenvalue weighted by Gasteiger charge is 2.18. The van der Waals surface area contributed by atoms with Crippen LogP contribution in [0.3, 0.4) is 0 Å². The zero-order valence-corrected chi connectivity index (χ0v) is 14.7. The first-order valence-electron chi connectivity index (χ1n) is 8.58. The quantitative estimate of drug-likeness (QED) is 0.475. The summed E-state index contributed by atoms with van der Waals surface area (Å²) < 4.78 is 4.89. The molecule has 0 saturated carbocycles. The SMILES string of the molecule is COC(=O)CC(N=C(c1ccccc1)c1ccccc1)c1ccccc1. The summed E-state index contributed by atoms with van der Waals surface area (Å²) in [6.07, 6.45) is 0.198. The van der Waals surface area contributed by atoms with Gasteiger partial charge >= 0.3 is 5.97 Å². The van der Waals surface area contributed by atoms with E-state index in [9.17, 15) is 4.79 Å². The Morgan fingerprint density at radius 3 is 1.73 bits per heavy atom. The number of aliphatic imine (C=N–C) groups is 1. The molecule has 0 amide bonds. The average Bonchev–Trinajstić information content (AvgIpc) is 2.72. The smallest absolute Gasteiger partial charge is 0.308 e. The number of carbonyl (C=O) groups is 1. The molecule has 0 bridgehead atoms. The fourth-order valence-corrected chi connectivity index (χ4v) is 2.82. The van der Waals surface area contributed by atoms with Crippen molar-refractivity contribution in [3.05, 3.63) is 108 Å². The second-order valence-electron chi connectivity index (χ2n) is 5.92. The predicted molar refractivity (Wildman–Crippen MR) is 104 cm³/mol. The van der Waals surface area contributed by atoms with Gasteiger partial charge in [0.1, 0.15) is 0 Å². The molecule has 0 aliphatic heterocycles. The summed E-state index contributed by atoms with van der Waals surface area (Å²) in [4.78, 5) is 16.9. The Morgan fingerprint density at radius 2 is 1.27 bits per heavy atom. The highest BCUT2D eigenvalue weighted by atomic mass is 16.5. The molecule has 3 rings (SSSR count). The van der Waals surface area contributed by atoms with E-state index in [2.05, 4.69) is 0 Å². The summed E-state index contributed by atoms with van der Waals surface area (Å²) in [6, 6.07) is 29.6. The van der Waals surface area contributed by atoms with Crippen molar-refractivity contribution in [2.24, 2.45) is 4.99 Å². The zero-order chi connectivity index (χ0) is 18.2. The third-order valence-corrected chi connectivity index (χ3v) is 4.15. The molecule has 26 heavy (non-hydrogen) atoms. The standard InChI is InChI=1S/C23H21NO2/c1-26-22(25)17-21(18-11-5-2-6-12-18)24-23(19-13-7-3-8-14-19)20-15-9-4-10-16-20/h2-16,21H,17H2,1H3. The lowest BCUT2D eigenvalue weighted by Crippen LogP contribution is -2.11. The van der Waals surface area contributed by atoms with Crippen molar-refractivity contribution in [2.45, 2.75) is 12.5 Å². The molecule has 0 aliphatic rings. The minimum absolute atomic E-state index is 0.198. The minimum Gasteiger partial charge on any atom is -0.469 e. The summed E-state index contributed by atoms with van der Waals surface area (Å²) in [7, 11) is 1.41. The van der Waals surface area contributed by atoms with E-state index in [4.69, 9.17) is 9.73 Å². The molecule has 0 aliphatic carbocycles. The Labute approximate surface area is 154 Å². The van der Waals surface area contributed by atoms with Gasteiger partial charge in [0.15, 0.2) is 0 Å². The molecule has 3 heteroatoms. The van der Waals surface area contributed by atoms with Crippen molar-refractivity contribution in [1.82, 2.24) is 0 Å². The second-order valence-corrected chi connectivity index (χ2v) is 5.92. The maximum atomic E-state index is 12.0. The van der Waals surface area contributed by atoms with E-state index in [1.807, 2.05) is 91.0 Å². The molecule has 0 saturated heterocycles. The van der Waals surface area contributed by atoms with E-state index in [1.165, 1.54) is 7.11 Å². The highest BCUT2D eigenvalue weighted by Crippen LogP contribution is 2.24. The number of nitrogens with zero attached hydrogens (tertiary/aromatic N) is 1. The Kier molecular flexibility index (Phi) is 5.94. The van der Waals surface area contributed by atoms with Crippen LogP contribution >= 0.6 is 0 Å². The molecule has 0 fully saturated rings. The van der Waals surface area contributed by atoms with Crippen molar-refractivity contribution in [3.8, 4) is 0 Å². The number of hydrogen-bond donors (Lipinski definition) is 0. The van der Waals surface area contributed by atoms with Crippen molar-refractivity contribution >= 4 is 11.7 Å². The summed E-state index contributed by atoms with van der Waals surface area (Å²) >= 11 is 0. The molecule has 0 spiro atoms. The lowest BCUT2D eigenvalue weighted by Gasteiger charge is -2.16. The van der Waals surface area contributed by atoms with Crippen LogP contribution in [0.15, 0.2) is 96.0 Å². The molecule has 0 N–H and O–H groups in total. The Morgan fingerprint density at radius 1 is 0.808 bits per heavy atom. The third kappa shape index (κ3) is 4.45. The van der Waals surface area contributed by atoms with Crippen LogP contribution in [0.4, 0.5) is 0 Å². The molecule has 130 valence electrons. The molecular formula is C23H21NO2. The fraction of sp³-hybridized carbons (Fsp3) is 0.130. The first-order valence-corrected chi connectivity index (χ1v) is 8.58. The van der Waals surface area contributed by atoms with Gasteiger partial charge in [-0.15, -0.1) is 0 Å². The van der Waals surface area contributed by atoms with Crippen LogP contribution in [0.5, 0.6) is 0 Å². The van der Waals surface area contributed by atoms with Gasteiger partial charge in [0.2, 0.25) is 0 Å². The lowest BCUT2D eigenvalue weighted by molar-refractivity contribution is -0.141. The maximum absolute atomic E-state index is 12.0. The van der Waals surface area contributed by atoms with Gasteiger partial charge in [-0.1, -0.05) is 91.0 Å². The fourth-order valence-electron chi connectivity index (χ4n) is 2.82. The number of rotatable bonds is 6. The summed E-state index contributed by atoms with van der Waals surface area (Å²) in [5.74, 6) is -0.275. The first-order chi connectivity index (χ1) is 12.8. The van der Waals surface area contributed by atoms with Crippen molar-refractivity contribution < 1.29 is 9.53 Å². The Bertz CT molecular complexity index is 817. The second kappa shape index (κ2) is 8.77. The number of benzene rings is 3. The van der Waals surface area contributed by atoms with Crippen molar-refractivity contribution in [3.63, 3.8) is 0 Å². The normalized spacial score (nSPS) is 11.4. The molecule has 0 radical (unpaired) electrons. The Balaban J connectivity index is 2.09. The molecule has 1 unspecified atom stereocenters. The number of carbonyl (C=O) groups excluding carboxylic acids is 1. The highest BCUT2D eigenvalue weighted by molar-refractivity contribution is 6.13. The van der Waals surface area contributed by atoms with Gasteiger partial charge < -0.3 is 4.74 Å². The number of hydrogen-bond acceptors (Lipinski definition) is 3. The van der Waals surface area contributed by atoms with Crippen molar-refractivity contribution in [2.75, 3.05) is 7.11 Å². The lowest BCUT2D eigenvalue weighted by atomic mass is 9.99. The van der Waals surface area contributed by atoms with Crippen molar-refractivity contribution in [1.29, 1.82) is 0 Å². The molecule has 3 aromatic rings. The number of methoxy groups -OCH3 is 1. The van der Waals surface area contributed by atoms with Gasteiger partial charge in [-0.05, 0) is 5.56 Å². The van der Waals surface area contributed by atoms with E-state index in [0.717, 1.165) is 22.4 Å². The molecule has 3 nitrogen and oxygen atoms in total. The van der Waals surface area contributed by atoms with E-state index in [0.29, 0.717) is 0 Å². The molecule has 0 heterocycles. The largest absolute Gasteiger partial charge is 0.469 e.